The summed E-state index contributed by atoms with van der Waals surface area (Å²) in [6.07, 6.45) is -2.34. The molecule has 1 aliphatic carbocycles. The second kappa shape index (κ2) is 10.3. The van der Waals surface area contributed by atoms with Gasteiger partial charge in [0.1, 0.15) is 17.1 Å². The zero-order valence-electron chi connectivity index (χ0n) is 19.9. The van der Waals surface area contributed by atoms with Crippen LogP contribution in [0.1, 0.15) is 36.6 Å². The van der Waals surface area contributed by atoms with Gasteiger partial charge in [-0.3, -0.25) is 5.32 Å². The van der Waals surface area contributed by atoms with E-state index in [1.54, 1.807) is 28.9 Å². The van der Waals surface area contributed by atoms with Gasteiger partial charge in [-0.2, -0.15) is 18.3 Å². The van der Waals surface area contributed by atoms with Gasteiger partial charge in [-0.05, 0) is 61.2 Å². The number of rotatable bonds is 9. The fourth-order valence-corrected chi connectivity index (χ4v) is 4.88. The Morgan fingerprint density at radius 3 is 2.68 bits per heavy atom. The molecule has 4 aromatic rings. The number of hydrogen-bond donors (Lipinski definition) is 3. The molecule has 37 heavy (non-hydrogen) atoms. The van der Waals surface area contributed by atoms with Gasteiger partial charge in [0.2, 0.25) is 0 Å². The van der Waals surface area contributed by atoms with E-state index in [2.05, 4.69) is 20.7 Å². The van der Waals surface area contributed by atoms with Crippen molar-refractivity contribution in [1.82, 2.24) is 19.9 Å². The highest BCUT2D eigenvalue weighted by atomic mass is 32.2. The molecule has 0 radical (unpaired) electrons. The number of aliphatic hydroxyl groups is 1. The molecule has 1 atom stereocenters. The molecular weight excluding hydrogens is 506 g/mol. The van der Waals surface area contributed by atoms with E-state index < -0.39 is 24.6 Å². The third-order valence-corrected chi connectivity index (χ3v) is 6.92. The Morgan fingerprint density at radius 1 is 1.16 bits per heavy atom. The smallest absolute Gasteiger partial charge is 0.382 e. The molecule has 2 heterocycles. The maximum atomic E-state index is 13.7. The van der Waals surface area contributed by atoms with E-state index in [-0.39, 0.29) is 6.54 Å². The third kappa shape index (κ3) is 6.23. The average Bonchev–Trinajstić information content (AvgIpc) is 3.53. The summed E-state index contributed by atoms with van der Waals surface area (Å²) in [7, 11) is 0. The van der Waals surface area contributed by atoms with Gasteiger partial charge in [-0.1, -0.05) is 30.0 Å². The number of aryl methyl sites for hydroxylation is 1. The van der Waals surface area contributed by atoms with Crippen LogP contribution in [-0.4, -0.2) is 38.5 Å². The van der Waals surface area contributed by atoms with Gasteiger partial charge in [0.05, 0.1) is 24.0 Å². The fourth-order valence-electron chi connectivity index (χ4n) is 4.02. The molecule has 11 heteroatoms. The first-order valence-corrected chi connectivity index (χ1v) is 12.7. The highest BCUT2D eigenvalue weighted by Gasteiger charge is 2.27. The Hall–Kier alpha value is -3.15. The van der Waals surface area contributed by atoms with Crippen molar-refractivity contribution in [1.29, 1.82) is 0 Å². The van der Waals surface area contributed by atoms with E-state index in [1.807, 2.05) is 25.1 Å². The lowest BCUT2D eigenvalue weighted by Gasteiger charge is -2.16. The van der Waals surface area contributed by atoms with Crippen LogP contribution in [-0.2, 0) is 0 Å². The Bertz CT molecular complexity index is 1420. The van der Waals surface area contributed by atoms with Gasteiger partial charge >= 0.3 is 6.18 Å². The lowest BCUT2D eigenvalue weighted by Crippen LogP contribution is -2.23. The van der Waals surface area contributed by atoms with Crippen molar-refractivity contribution in [3.05, 3.63) is 71.7 Å². The summed E-state index contributed by atoms with van der Waals surface area (Å²) < 4.78 is 53.6. The largest absolute Gasteiger partial charge is 0.390 e. The quantitative estimate of drug-likeness (QED) is 0.179. The molecule has 0 amide bonds. The van der Waals surface area contributed by atoms with Crippen molar-refractivity contribution < 1.29 is 22.7 Å². The van der Waals surface area contributed by atoms with Crippen molar-refractivity contribution >= 4 is 23.1 Å². The van der Waals surface area contributed by atoms with E-state index in [0.717, 1.165) is 29.5 Å². The summed E-state index contributed by atoms with van der Waals surface area (Å²) in [6.45, 7) is 1.58. The fraction of sp³-hybridized carbons (Fsp3) is 0.308. The number of halogens is 4. The average molecular weight is 532 g/mol. The van der Waals surface area contributed by atoms with Crippen molar-refractivity contribution in [3.8, 4) is 11.3 Å². The SMILES string of the molecule is Cc1cc(-c2cnc3c(NCCC(F)(F)F)cc(Sc4cccc(F)c4)nn23)ccc1C(O)NC1CC1. The molecule has 0 spiro atoms. The molecule has 6 nitrogen and oxygen atoms in total. The molecule has 5 rings (SSSR count). The number of nitrogens with one attached hydrogen (secondary N) is 2. The summed E-state index contributed by atoms with van der Waals surface area (Å²) in [5.74, 6) is -0.396. The minimum atomic E-state index is -4.30. The number of anilines is 1. The molecule has 0 saturated heterocycles. The number of aromatic nitrogens is 3. The molecule has 0 bridgehead atoms. The summed E-state index contributed by atoms with van der Waals surface area (Å²) in [5.41, 5.74) is 3.83. The molecule has 0 aliphatic heterocycles. The van der Waals surface area contributed by atoms with Crippen LogP contribution in [0.25, 0.3) is 16.9 Å². The molecular formula is C26H25F4N5OS. The first kappa shape index (κ1) is 25.5. The van der Waals surface area contributed by atoms with E-state index in [0.29, 0.717) is 33.0 Å². The molecule has 1 aliphatic rings. The number of alkyl halides is 3. The van der Waals surface area contributed by atoms with Gasteiger partial charge in [0.25, 0.3) is 0 Å². The van der Waals surface area contributed by atoms with Crippen molar-refractivity contribution in [2.45, 2.75) is 54.6 Å². The number of imidazole rings is 1. The Morgan fingerprint density at radius 2 is 1.97 bits per heavy atom. The second-order valence-corrected chi connectivity index (χ2v) is 10.1. The molecule has 1 unspecified atom stereocenters. The van der Waals surface area contributed by atoms with Crippen LogP contribution in [0.2, 0.25) is 0 Å². The predicted octanol–water partition coefficient (Wildman–Crippen LogP) is 6.10. The molecule has 2 aromatic heterocycles. The zero-order valence-corrected chi connectivity index (χ0v) is 20.7. The van der Waals surface area contributed by atoms with Crippen LogP contribution >= 0.6 is 11.8 Å². The maximum absolute atomic E-state index is 13.7. The first-order valence-electron chi connectivity index (χ1n) is 11.8. The van der Waals surface area contributed by atoms with Gasteiger partial charge in [-0.25, -0.2) is 13.9 Å². The number of benzene rings is 2. The normalized spacial score (nSPS) is 14.8. The summed E-state index contributed by atoms with van der Waals surface area (Å²) in [6, 6.07) is 13.6. The van der Waals surface area contributed by atoms with E-state index in [1.165, 1.54) is 23.9 Å². The number of fused-ring (bicyclic) bond motifs is 1. The van der Waals surface area contributed by atoms with Crippen molar-refractivity contribution in [2.75, 3.05) is 11.9 Å². The van der Waals surface area contributed by atoms with Gasteiger partial charge in [0.15, 0.2) is 5.65 Å². The van der Waals surface area contributed by atoms with E-state index in [4.69, 9.17) is 0 Å². The summed E-state index contributed by atoms with van der Waals surface area (Å²) >= 11 is 1.19. The van der Waals surface area contributed by atoms with Crippen LogP contribution < -0.4 is 10.6 Å². The Labute approximate surface area is 215 Å². The number of nitrogens with zero attached hydrogens (tertiary/aromatic N) is 3. The highest BCUT2D eigenvalue weighted by Crippen LogP contribution is 2.33. The van der Waals surface area contributed by atoms with Crippen LogP contribution in [0.4, 0.5) is 23.2 Å². The lowest BCUT2D eigenvalue weighted by molar-refractivity contribution is -0.131. The topological polar surface area (TPSA) is 74.5 Å². The minimum Gasteiger partial charge on any atom is -0.382 e. The molecule has 194 valence electrons. The van der Waals surface area contributed by atoms with Crippen LogP contribution in [0, 0.1) is 12.7 Å². The Kier molecular flexibility index (Phi) is 7.11. The third-order valence-electron chi connectivity index (χ3n) is 6.02. The lowest BCUT2D eigenvalue weighted by atomic mass is 10.0. The maximum Gasteiger partial charge on any atom is 0.390 e. The number of aliphatic hydroxyl groups excluding tert-OH is 1. The van der Waals surface area contributed by atoms with Crippen LogP contribution in [0.15, 0.2) is 64.6 Å². The monoisotopic (exact) mass is 531 g/mol. The molecule has 3 N–H and O–H groups in total. The number of hydrogen-bond acceptors (Lipinski definition) is 6. The Balaban J connectivity index is 1.50. The highest BCUT2D eigenvalue weighted by molar-refractivity contribution is 7.99. The summed E-state index contributed by atoms with van der Waals surface area (Å²) in [5, 5.41) is 21.6. The van der Waals surface area contributed by atoms with E-state index in [9.17, 15) is 22.7 Å². The standard InChI is InChI=1S/C26H25F4N5OS/c1-15-11-16(5-8-20(15)25(36)33-18-6-7-18)22-14-32-24-21(31-10-9-26(28,29)30)13-23(34-35(22)24)37-19-4-2-3-17(27)12-19/h2-5,8,11-14,18,25,31,33,36H,6-7,9-10H2,1H3. The molecule has 1 saturated carbocycles. The van der Waals surface area contributed by atoms with Crippen LogP contribution in [0.3, 0.4) is 0 Å². The molecule has 2 aromatic carbocycles. The van der Waals surface area contributed by atoms with Gasteiger partial charge < -0.3 is 10.4 Å². The van der Waals surface area contributed by atoms with Gasteiger partial charge in [0, 0.05) is 23.0 Å². The van der Waals surface area contributed by atoms with Crippen molar-refractivity contribution in [2.24, 2.45) is 0 Å². The predicted molar refractivity (Wildman–Crippen MR) is 134 cm³/mol. The first-order chi connectivity index (χ1) is 17.7. The second-order valence-electron chi connectivity index (χ2n) is 9.04. The van der Waals surface area contributed by atoms with Crippen molar-refractivity contribution in [3.63, 3.8) is 0 Å². The molecule has 1 fully saturated rings. The van der Waals surface area contributed by atoms with Crippen LogP contribution in [0.5, 0.6) is 0 Å². The zero-order chi connectivity index (χ0) is 26.2. The van der Waals surface area contributed by atoms with Gasteiger partial charge in [-0.15, -0.1) is 0 Å². The minimum absolute atomic E-state index is 0.324. The van der Waals surface area contributed by atoms with E-state index >= 15 is 0 Å². The summed E-state index contributed by atoms with van der Waals surface area (Å²) in [4.78, 5) is 5.04.